The van der Waals surface area contributed by atoms with Gasteiger partial charge in [0.15, 0.2) is 6.61 Å². The number of hydrogen-bond acceptors (Lipinski definition) is 4. The standard InChI is InChI=1S/C18H20N2O4/c1-12(2)15-6-4-5-7-17(15)24-11-18(21)19-16-9-8-14(20(22)23)10-13(16)3/h4-10,12H,11H2,1-3H3,(H,19,21). The Morgan fingerprint density at radius 2 is 1.96 bits per heavy atom. The summed E-state index contributed by atoms with van der Waals surface area (Å²) in [5, 5.41) is 13.4. The van der Waals surface area contributed by atoms with Gasteiger partial charge in [0.05, 0.1) is 4.92 Å². The van der Waals surface area contributed by atoms with Crippen molar-refractivity contribution in [1.82, 2.24) is 0 Å². The molecule has 1 amide bonds. The molecule has 0 aromatic heterocycles. The first kappa shape index (κ1) is 17.5. The maximum atomic E-state index is 12.1. The number of anilines is 1. The minimum Gasteiger partial charge on any atom is -0.483 e. The summed E-state index contributed by atoms with van der Waals surface area (Å²) >= 11 is 0. The Kier molecular flexibility index (Phi) is 5.52. The van der Waals surface area contributed by atoms with Crippen LogP contribution in [0, 0.1) is 17.0 Å². The number of ether oxygens (including phenoxy) is 1. The fourth-order valence-corrected chi connectivity index (χ4v) is 2.32. The highest BCUT2D eigenvalue weighted by Gasteiger charge is 2.12. The van der Waals surface area contributed by atoms with E-state index in [-0.39, 0.29) is 18.2 Å². The van der Waals surface area contributed by atoms with E-state index in [1.807, 2.05) is 24.3 Å². The molecule has 0 aliphatic carbocycles. The number of aryl methyl sites for hydroxylation is 1. The van der Waals surface area contributed by atoms with Crippen molar-refractivity contribution in [3.63, 3.8) is 0 Å². The van der Waals surface area contributed by atoms with E-state index in [4.69, 9.17) is 4.74 Å². The van der Waals surface area contributed by atoms with Crippen molar-refractivity contribution in [3.05, 3.63) is 63.7 Å². The van der Waals surface area contributed by atoms with Gasteiger partial charge in [0.25, 0.3) is 11.6 Å². The quantitative estimate of drug-likeness (QED) is 0.641. The second kappa shape index (κ2) is 7.59. The molecule has 0 spiro atoms. The van der Waals surface area contributed by atoms with Gasteiger partial charge in [-0.2, -0.15) is 0 Å². The van der Waals surface area contributed by atoms with E-state index in [1.54, 1.807) is 6.92 Å². The Bertz CT molecular complexity index is 756. The van der Waals surface area contributed by atoms with E-state index < -0.39 is 4.92 Å². The number of nitro benzene ring substituents is 1. The van der Waals surface area contributed by atoms with Crippen molar-refractivity contribution < 1.29 is 14.5 Å². The van der Waals surface area contributed by atoms with Crippen LogP contribution in [-0.2, 0) is 4.79 Å². The molecule has 6 heteroatoms. The summed E-state index contributed by atoms with van der Waals surface area (Å²) in [5.41, 5.74) is 2.19. The number of nitrogens with one attached hydrogen (secondary N) is 1. The maximum Gasteiger partial charge on any atom is 0.269 e. The minimum atomic E-state index is -0.468. The number of rotatable bonds is 6. The van der Waals surface area contributed by atoms with Crippen LogP contribution in [0.15, 0.2) is 42.5 Å². The Morgan fingerprint density at radius 3 is 2.58 bits per heavy atom. The molecule has 0 radical (unpaired) electrons. The zero-order chi connectivity index (χ0) is 17.7. The molecule has 0 saturated heterocycles. The molecule has 0 unspecified atom stereocenters. The lowest BCUT2D eigenvalue weighted by atomic mass is 10.0. The monoisotopic (exact) mass is 328 g/mol. The number of benzene rings is 2. The lowest BCUT2D eigenvalue weighted by molar-refractivity contribution is -0.384. The van der Waals surface area contributed by atoms with Crippen LogP contribution in [0.3, 0.4) is 0 Å². The highest BCUT2D eigenvalue weighted by atomic mass is 16.6. The van der Waals surface area contributed by atoms with Gasteiger partial charge >= 0.3 is 0 Å². The highest BCUT2D eigenvalue weighted by Crippen LogP contribution is 2.26. The molecule has 0 atom stereocenters. The molecular weight excluding hydrogens is 308 g/mol. The molecule has 0 saturated carbocycles. The normalized spacial score (nSPS) is 10.5. The summed E-state index contributed by atoms with van der Waals surface area (Å²) in [7, 11) is 0. The number of hydrogen-bond donors (Lipinski definition) is 1. The fraction of sp³-hybridized carbons (Fsp3) is 0.278. The van der Waals surface area contributed by atoms with Crippen LogP contribution >= 0.6 is 0 Å². The second-order valence-corrected chi connectivity index (χ2v) is 5.79. The molecule has 2 aromatic rings. The van der Waals surface area contributed by atoms with Crippen molar-refractivity contribution in [2.45, 2.75) is 26.7 Å². The van der Waals surface area contributed by atoms with Crippen molar-refractivity contribution in [1.29, 1.82) is 0 Å². The van der Waals surface area contributed by atoms with Gasteiger partial charge in [-0.05, 0) is 36.1 Å². The van der Waals surface area contributed by atoms with E-state index in [9.17, 15) is 14.9 Å². The molecule has 0 aliphatic rings. The Hall–Kier alpha value is -2.89. The molecular formula is C18H20N2O4. The van der Waals surface area contributed by atoms with Crippen molar-refractivity contribution in [3.8, 4) is 5.75 Å². The van der Waals surface area contributed by atoms with Gasteiger partial charge in [-0.3, -0.25) is 14.9 Å². The molecule has 0 heterocycles. The number of carbonyl (C=O) groups excluding carboxylic acids is 1. The van der Waals surface area contributed by atoms with Crippen LogP contribution in [0.5, 0.6) is 5.75 Å². The van der Waals surface area contributed by atoms with Gasteiger partial charge in [0, 0.05) is 17.8 Å². The van der Waals surface area contributed by atoms with Gasteiger partial charge < -0.3 is 10.1 Å². The van der Waals surface area contributed by atoms with E-state index in [1.165, 1.54) is 18.2 Å². The second-order valence-electron chi connectivity index (χ2n) is 5.79. The number of nitro groups is 1. The number of carbonyl (C=O) groups is 1. The molecule has 0 fully saturated rings. The first-order valence-electron chi connectivity index (χ1n) is 7.65. The Labute approximate surface area is 140 Å². The number of para-hydroxylation sites is 1. The predicted octanol–water partition coefficient (Wildman–Crippen LogP) is 4.04. The number of nitrogens with zero attached hydrogens (tertiary/aromatic N) is 1. The van der Waals surface area contributed by atoms with Crippen molar-refractivity contribution >= 4 is 17.3 Å². The lowest BCUT2D eigenvalue weighted by Gasteiger charge is -2.14. The molecule has 6 nitrogen and oxygen atoms in total. The van der Waals surface area contributed by atoms with Gasteiger partial charge in [-0.1, -0.05) is 32.0 Å². The average molecular weight is 328 g/mol. The van der Waals surface area contributed by atoms with Crippen LogP contribution < -0.4 is 10.1 Å². The predicted molar refractivity (Wildman–Crippen MR) is 92.5 cm³/mol. The Balaban J connectivity index is 2.01. The van der Waals surface area contributed by atoms with Gasteiger partial charge in [-0.25, -0.2) is 0 Å². The third kappa shape index (κ3) is 4.32. The van der Waals surface area contributed by atoms with E-state index >= 15 is 0 Å². The Morgan fingerprint density at radius 1 is 1.25 bits per heavy atom. The average Bonchev–Trinajstić information content (AvgIpc) is 2.54. The van der Waals surface area contributed by atoms with Crippen molar-refractivity contribution in [2.24, 2.45) is 0 Å². The van der Waals surface area contributed by atoms with E-state index in [0.717, 1.165) is 5.56 Å². The third-order valence-corrected chi connectivity index (χ3v) is 3.59. The summed E-state index contributed by atoms with van der Waals surface area (Å²) < 4.78 is 5.61. The third-order valence-electron chi connectivity index (χ3n) is 3.59. The molecule has 0 bridgehead atoms. The van der Waals surface area contributed by atoms with E-state index in [0.29, 0.717) is 22.9 Å². The fourth-order valence-electron chi connectivity index (χ4n) is 2.32. The summed E-state index contributed by atoms with van der Waals surface area (Å²) in [6.07, 6.45) is 0. The molecule has 126 valence electrons. The van der Waals surface area contributed by atoms with Crippen LogP contribution in [0.2, 0.25) is 0 Å². The first-order valence-corrected chi connectivity index (χ1v) is 7.65. The zero-order valence-corrected chi connectivity index (χ0v) is 13.9. The van der Waals surface area contributed by atoms with Crippen LogP contribution in [-0.4, -0.2) is 17.4 Å². The summed E-state index contributed by atoms with van der Waals surface area (Å²) in [5.74, 6) is 0.662. The van der Waals surface area contributed by atoms with Crippen molar-refractivity contribution in [2.75, 3.05) is 11.9 Å². The lowest BCUT2D eigenvalue weighted by Crippen LogP contribution is -2.21. The SMILES string of the molecule is Cc1cc([N+](=O)[O-])ccc1NC(=O)COc1ccccc1C(C)C. The minimum absolute atomic E-state index is 0.00684. The number of non-ortho nitro benzene ring substituents is 1. The van der Waals surface area contributed by atoms with Gasteiger partial charge in [0.1, 0.15) is 5.75 Å². The van der Waals surface area contributed by atoms with Crippen LogP contribution in [0.1, 0.15) is 30.9 Å². The van der Waals surface area contributed by atoms with Gasteiger partial charge in [0.2, 0.25) is 0 Å². The van der Waals surface area contributed by atoms with Gasteiger partial charge in [-0.15, -0.1) is 0 Å². The van der Waals surface area contributed by atoms with E-state index in [2.05, 4.69) is 19.2 Å². The molecule has 2 aromatic carbocycles. The summed E-state index contributed by atoms with van der Waals surface area (Å²) in [6, 6.07) is 11.9. The maximum absolute atomic E-state index is 12.1. The molecule has 1 N–H and O–H groups in total. The molecule has 24 heavy (non-hydrogen) atoms. The van der Waals surface area contributed by atoms with Crippen LogP contribution in [0.25, 0.3) is 0 Å². The highest BCUT2D eigenvalue weighted by molar-refractivity contribution is 5.92. The molecule has 0 aliphatic heterocycles. The number of amides is 1. The van der Waals surface area contributed by atoms with Crippen LogP contribution in [0.4, 0.5) is 11.4 Å². The largest absolute Gasteiger partial charge is 0.483 e. The zero-order valence-electron chi connectivity index (χ0n) is 13.9. The summed E-state index contributed by atoms with van der Waals surface area (Å²) in [4.78, 5) is 22.3. The topological polar surface area (TPSA) is 81.5 Å². The smallest absolute Gasteiger partial charge is 0.269 e. The first-order chi connectivity index (χ1) is 11.4. The summed E-state index contributed by atoms with van der Waals surface area (Å²) in [6.45, 7) is 5.70. The molecule has 2 rings (SSSR count).